The zero-order valence-corrected chi connectivity index (χ0v) is 21.1. The minimum Gasteiger partial charge on any atom is -0.483 e. The van der Waals surface area contributed by atoms with Crippen molar-refractivity contribution in [2.24, 2.45) is 0 Å². The number of fused-ring (bicyclic) bond motifs is 4. The van der Waals surface area contributed by atoms with Crippen molar-refractivity contribution in [3.05, 3.63) is 97.9 Å². The molecule has 1 fully saturated rings. The van der Waals surface area contributed by atoms with Crippen LogP contribution in [0.4, 0.5) is 17.6 Å². The minimum atomic E-state index is -3.24. The molecule has 0 radical (unpaired) electrons. The molecule has 1 aromatic heterocycles. The van der Waals surface area contributed by atoms with Crippen LogP contribution in [0.1, 0.15) is 50.9 Å². The molecule has 2 amide bonds. The third-order valence-electron chi connectivity index (χ3n) is 6.86. The quantitative estimate of drug-likeness (QED) is 0.348. The smallest absolute Gasteiger partial charge is 0.274 e. The van der Waals surface area contributed by atoms with E-state index in [2.05, 4.69) is 5.32 Å². The highest BCUT2D eigenvalue weighted by Gasteiger charge is 2.49. The molecule has 39 heavy (non-hydrogen) atoms. The van der Waals surface area contributed by atoms with Gasteiger partial charge in [-0.1, -0.05) is 48.0 Å². The fraction of sp³-hybridized carbons (Fsp3) is 0.296. The van der Waals surface area contributed by atoms with Crippen LogP contribution in [0.2, 0.25) is 5.02 Å². The van der Waals surface area contributed by atoms with Gasteiger partial charge in [-0.3, -0.25) is 14.4 Å². The number of alkyl halides is 2. The summed E-state index contributed by atoms with van der Waals surface area (Å²) in [5, 5.41) is 1.58. The number of rotatable bonds is 6. The van der Waals surface area contributed by atoms with E-state index in [0.717, 1.165) is 22.9 Å². The topological polar surface area (TPSA) is 80.6 Å². The van der Waals surface area contributed by atoms with Crippen LogP contribution < -0.4 is 15.5 Å². The summed E-state index contributed by atoms with van der Waals surface area (Å²) in [5.41, 5.74) is -1.43. The van der Waals surface area contributed by atoms with Crippen LogP contribution in [0.25, 0.3) is 0 Å². The molecule has 7 nitrogen and oxygen atoms in total. The summed E-state index contributed by atoms with van der Waals surface area (Å²) in [6.07, 6.45) is 0.502. The van der Waals surface area contributed by atoms with E-state index >= 15 is 8.78 Å². The Balaban J connectivity index is 1.57. The van der Waals surface area contributed by atoms with E-state index in [1.165, 1.54) is 4.90 Å². The van der Waals surface area contributed by atoms with E-state index in [4.69, 9.17) is 16.3 Å². The molecule has 2 aromatic carbocycles. The number of carbonyl (C=O) groups excluding carboxylic acids is 2. The van der Waals surface area contributed by atoms with E-state index in [1.54, 1.807) is 30.3 Å². The average molecular weight is 564 g/mol. The maximum absolute atomic E-state index is 15.2. The number of carbonyl (C=O) groups is 2. The second-order valence-corrected chi connectivity index (χ2v) is 9.76. The maximum atomic E-state index is 15.2. The Morgan fingerprint density at radius 2 is 1.87 bits per heavy atom. The standard InChI is InChI=1S/C27H22ClF4N3O4/c28-20-18(29)8-7-16(21(20)30)11-33-25(37)17-12-35-19-13-34(10-4-9-27(19,31)32)26(38)22(35)24(23(17)36)39-14-15-5-2-1-3-6-15/h1-3,5-8,12,19H,4,9-11,13-14H2,(H,33,37). The highest BCUT2D eigenvalue weighted by Crippen LogP contribution is 2.41. The van der Waals surface area contributed by atoms with Crippen molar-refractivity contribution in [3.63, 3.8) is 0 Å². The van der Waals surface area contributed by atoms with Gasteiger partial charge in [-0.25, -0.2) is 17.6 Å². The van der Waals surface area contributed by atoms with Crippen LogP contribution in [0.3, 0.4) is 0 Å². The lowest BCUT2D eigenvalue weighted by atomic mass is 10.0. The van der Waals surface area contributed by atoms with Crippen LogP contribution >= 0.6 is 11.6 Å². The predicted octanol–water partition coefficient (Wildman–Crippen LogP) is 4.71. The molecule has 2 bridgehead atoms. The molecule has 2 aliphatic heterocycles. The Hall–Kier alpha value is -3.86. The van der Waals surface area contributed by atoms with Gasteiger partial charge in [0.2, 0.25) is 5.43 Å². The van der Waals surface area contributed by atoms with Crippen LogP contribution in [-0.4, -0.2) is 40.3 Å². The summed E-state index contributed by atoms with van der Waals surface area (Å²) in [5.74, 6) is -7.52. The first-order valence-corrected chi connectivity index (χ1v) is 12.5. The van der Waals surface area contributed by atoms with E-state index in [0.29, 0.717) is 5.56 Å². The van der Waals surface area contributed by atoms with Gasteiger partial charge in [-0.05, 0) is 18.1 Å². The van der Waals surface area contributed by atoms with Gasteiger partial charge in [0.15, 0.2) is 11.4 Å². The number of nitrogens with zero attached hydrogens (tertiary/aromatic N) is 2. The molecule has 204 valence electrons. The average Bonchev–Trinajstić information content (AvgIpc) is 3.06. The second kappa shape index (κ2) is 10.4. The Morgan fingerprint density at radius 3 is 2.62 bits per heavy atom. The first-order valence-electron chi connectivity index (χ1n) is 12.1. The predicted molar refractivity (Wildman–Crippen MR) is 133 cm³/mol. The third kappa shape index (κ3) is 4.98. The normalized spacial score (nSPS) is 17.8. The number of pyridine rings is 1. The lowest BCUT2D eigenvalue weighted by molar-refractivity contribution is -0.0598. The van der Waals surface area contributed by atoms with Crippen LogP contribution in [0, 0.1) is 11.6 Å². The molecular formula is C27H22ClF4N3O4. The summed E-state index contributed by atoms with van der Waals surface area (Å²) in [6.45, 7) is -0.856. The number of hydrogen-bond donors (Lipinski definition) is 1. The number of amides is 2. The molecule has 0 spiro atoms. The zero-order chi connectivity index (χ0) is 27.9. The molecule has 2 aliphatic rings. The Bertz CT molecular complexity index is 1510. The molecule has 0 aliphatic carbocycles. The molecule has 12 heteroatoms. The molecule has 1 N–H and O–H groups in total. The zero-order valence-electron chi connectivity index (χ0n) is 20.4. The van der Waals surface area contributed by atoms with Crippen molar-refractivity contribution in [2.75, 3.05) is 13.1 Å². The highest BCUT2D eigenvalue weighted by molar-refractivity contribution is 6.30. The van der Waals surface area contributed by atoms with Crippen molar-refractivity contribution in [1.82, 2.24) is 14.8 Å². The van der Waals surface area contributed by atoms with E-state index in [1.807, 2.05) is 0 Å². The van der Waals surface area contributed by atoms with Gasteiger partial charge in [-0.15, -0.1) is 0 Å². The van der Waals surface area contributed by atoms with Gasteiger partial charge in [0.25, 0.3) is 17.7 Å². The largest absolute Gasteiger partial charge is 0.483 e. The van der Waals surface area contributed by atoms with Gasteiger partial charge in [0.1, 0.15) is 34.9 Å². The van der Waals surface area contributed by atoms with Crippen LogP contribution in [-0.2, 0) is 13.2 Å². The summed E-state index contributed by atoms with van der Waals surface area (Å²) in [4.78, 5) is 41.2. The van der Waals surface area contributed by atoms with Crippen molar-refractivity contribution in [2.45, 2.75) is 38.0 Å². The molecule has 5 rings (SSSR count). The van der Waals surface area contributed by atoms with Crippen molar-refractivity contribution < 1.29 is 31.9 Å². The maximum Gasteiger partial charge on any atom is 0.274 e. The lowest BCUT2D eigenvalue weighted by Crippen LogP contribution is -2.48. The SMILES string of the molecule is O=C(NCc1ccc(F)c(Cl)c1F)c1cn2c(c(OCc3ccccc3)c1=O)C(=O)N1CCCC(F)(F)C2C1. The van der Waals surface area contributed by atoms with E-state index < -0.39 is 70.1 Å². The van der Waals surface area contributed by atoms with Crippen molar-refractivity contribution in [1.29, 1.82) is 0 Å². The van der Waals surface area contributed by atoms with Gasteiger partial charge in [-0.2, -0.15) is 0 Å². The fourth-order valence-electron chi connectivity index (χ4n) is 4.79. The fourth-order valence-corrected chi connectivity index (χ4v) is 4.98. The Kier molecular flexibility index (Phi) is 7.11. The summed E-state index contributed by atoms with van der Waals surface area (Å²) in [6, 6.07) is 9.12. The molecule has 0 saturated carbocycles. The third-order valence-corrected chi connectivity index (χ3v) is 7.21. The minimum absolute atomic E-state index is 0.0629. The van der Waals surface area contributed by atoms with Gasteiger partial charge in [0, 0.05) is 37.8 Å². The lowest BCUT2D eigenvalue weighted by Gasteiger charge is -2.37. The van der Waals surface area contributed by atoms with E-state index in [9.17, 15) is 23.2 Å². The highest BCUT2D eigenvalue weighted by atomic mass is 35.5. The summed E-state index contributed by atoms with van der Waals surface area (Å²) < 4.78 is 64.9. The van der Waals surface area contributed by atoms with Gasteiger partial charge >= 0.3 is 0 Å². The number of halogens is 5. The molecule has 3 aromatic rings. The molecule has 1 atom stereocenters. The first kappa shape index (κ1) is 26.7. The van der Waals surface area contributed by atoms with Crippen molar-refractivity contribution >= 4 is 23.4 Å². The number of ether oxygens (including phenoxy) is 1. The van der Waals surface area contributed by atoms with Gasteiger partial charge < -0.3 is 19.5 Å². The van der Waals surface area contributed by atoms with E-state index in [-0.39, 0.29) is 37.4 Å². The van der Waals surface area contributed by atoms with Crippen LogP contribution in [0.5, 0.6) is 5.75 Å². The number of benzene rings is 2. The summed E-state index contributed by atoms with van der Waals surface area (Å²) in [7, 11) is 0. The second-order valence-electron chi connectivity index (χ2n) is 9.38. The van der Waals surface area contributed by atoms with Crippen LogP contribution in [0.15, 0.2) is 53.5 Å². The van der Waals surface area contributed by atoms with Gasteiger partial charge in [0.05, 0.1) is 0 Å². The first-order chi connectivity index (χ1) is 18.6. The molecular weight excluding hydrogens is 542 g/mol. The Labute approximate surface area is 224 Å². The Morgan fingerprint density at radius 1 is 1.13 bits per heavy atom. The monoisotopic (exact) mass is 563 g/mol. The molecule has 1 saturated heterocycles. The summed E-state index contributed by atoms with van der Waals surface area (Å²) >= 11 is 5.59. The number of nitrogens with one attached hydrogen (secondary N) is 1. The van der Waals surface area contributed by atoms with Crippen molar-refractivity contribution in [3.8, 4) is 5.75 Å². The molecule has 3 heterocycles. The number of aromatic nitrogens is 1. The molecule has 1 unspecified atom stereocenters. The number of hydrogen-bond acceptors (Lipinski definition) is 4.